The van der Waals surface area contributed by atoms with Crippen molar-refractivity contribution in [1.29, 1.82) is 0 Å². The number of carbonyl (C=O) groups excluding carboxylic acids is 3. The molecule has 51 heavy (non-hydrogen) atoms. The van der Waals surface area contributed by atoms with Crippen LogP contribution in [0, 0.1) is 51.8 Å². The van der Waals surface area contributed by atoms with Crippen molar-refractivity contribution in [2.75, 3.05) is 6.54 Å². The van der Waals surface area contributed by atoms with E-state index >= 15 is 0 Å². The number of carboxylic acid groups (broad SMARTS) is 1. The van der Waals surface area contributed by atoms with E-state index in [9.17, 15) is 29.7 Å². The molecule has 11 atom stereocenters. The normalized spacial score (nSPS) is 36.6. The number of rotatable bonds is 12. The number of hydrogen-bond donors (Lipinski definition) is 4. The molecule has 2 amide bonds. The fraction of sp³-hybridized carbons (Fsp3) is 0.786. The van der Waals surface area contributed by atoms with E-state index < -0.39 is 17.4 Å². The largest absolute Gasteiger partial charge is 1.00 e. The SMILES string of the molecule is C[C@H](CCC(=O)N[C@@H](Cc1ccccc1)C(=O)NCC1(CC(=O)[O-])CCCCC1)C1CCC2C3C(CC[C@@]21C)[C@@]1(C)CC[C@@H](O)CC1C[C@@H]3O.[Na+]. The van der Waals surface area contributed by atoms with Gasteiger partial charge in [-0.1, -0.05) is 70.4 Å². The van der Waals surface area contributed by atoms with E-state index in [-0.39, 0.29) is 77.4 Å². The van der Waals surface area contributed by atoms with E-state index in [1.165, 1.54) is 0 Å². The Bertz CT molecular complexity index is 1350. The van der Waals surface area contributed by atoms with Crippen molar-refractivity contribution in [3.05, 3.63) is 35.9 Å². The molecule has 0 saturated heterocycles. The second kappa shape index (κ2) is 16.9. The monoisotopic (exact) mass is 714 g/mol. The average Bonchev–Trinajstić information content (AvgIpc) is 3.44. The Hall–Kier alpha value is -1.45. The summed E-state index contributed by atoms with van der Waals surface area (Å²) in [5, 5.41) is 39.7. The maximum atomic E-state index is 13.6. The minimum Gasteiger partial charge on any atom is -0.550 e. The maximum absolute atomic E-state index is 13.6. The molecule has 6 rings (SSSR count). The Morgan fingerprint density at radius 1 is 0.902 bits per heavy atom. The number of amides is 2. The molecule has 0 radical (unpaired) electrons. The van der Waals surface area contributed by atoms with Crippen molar-refractivity contribution >= 4 is 17.8 Å². The molecule has 4 N–H and O–H groups in total. The summed E-state index contributed by atoms with van der Waals surface area (Å²) in [6.07, 6.45) is 13.5. The van der Waals surface area contributed by atoms with Gasteiger partial charge in [0.1, 0.15) is 6.04 Å². The van der Waals surface area contributed by atoms with Gasteiger partial charge in [0.05, 0.1) is 12.2 Å². The van der Waals surface area contributed by atoms with E-state index in [1.807, 2.05) is 30.3 Å². The zero-order valence-electron chi connectivity index (χ0n) is 31.8. The van der Waals surface area contributed by atoms with Gasteiger partial charge < -0.3 is 30.7 Å². The average molecular weight is 715 g/mol. The minimum atomic E-state index is -1.08. The minimum absolute atomic E-state index is 0. The Balaban J connectivity index is 0.00000504. The van der Waals surface area contributed by atoms with Gasteiger partial charge in [-0.3, -0.25) is 9.59 Å². The standard InChI is InChI=1S/C42H64N2O6.Na/c1-27(31-13-14-32-38-33(17-21-41(31,32)3)40(2)20-16-30(45)23-29(40)24-35(38)46)12-15-36(47)44-34(22-28-10-6-4-7-11-28)39(50)43-26-42(25-37(48)49)18-8-5-9-19-42;/h4,6-7,10-11,27,29-35,38,45-46H,5,8-9,12-26H2,1-3H3,(H,43,50)(H,44,47)(H,48,49);/q;+1/p-1/t27-,29?,30-,31?,32?,33?,34+,35+,38?,40+,41-;/m1./s1. The van der Waals surface area contributed by atoms with Crippen molar-refractivity contribution in [2.45, 2.75) is 148 Å². The fourth-order valence-corrected chi connectivity index (χ4v) is 12.5. The Kier molecular flexibility index (Phi) is 13.5. The summed E-state index contributed by atoms with van der Waals surface area (Å²) < 4.78 is 0. The number of aliphatic hydroxyl groups is 2. The summed E-state index contributed by atoms with van der Waals surface area (Å²) in [5.74, 6) is 1.10. The van der Waals surface area contributed by atoms with Gasteiger partial charge in [-0.25, -0.2) is 0 Å². The molecular weight excluding hydrogens is 651 g/mol. The molecule has 0 bridgehead atoms. The summed E-state index contributed by atoms with van der Waals surface area (Å²) in [6, 6.07) is 8.96. The third kappa shape index (κ3) is 8.77. The molecule has 8 nitrogen and oxygen atoms in total. The van der Waals surface area contributed by atoms with E-state index in [4.69, 9.17) is 0 Å². The van der Waals surface area contributed by atoms with Crippen molar-refractivity contribution in [1.82, 2.24) is 10.6 Å². The van der Waals surface area contributed by atoms with Crippen LogP contribution in [0.3, 0.4) is 0 Å². The number of nitrogens with one attached hydrogen (secondary N) is 2. The van der Waals surface area contributed by atoms with Crippen LogP contribution >= 0.6 is 0 Å². The van der Waals surface area contributed by atoms with Gasteiger partial charge >= 0.3 is 29.6 Å². The van der Waals surface area contributed by atoms with Gasteiger partial charge in [-0.2, -0.15) is 0 Å². The van der Waals surface area contributed by atoms with Gasteiger partial charge in [-0.15, -0.1) is 0 Å². The van der Waals surface area contributed by atoms with Crippen molar-refractivity contribution < 1.29 is 59.3 Å². The van der Waals surface area contributed by atoms with Crippen molar-refractivity contribution in [3.63, 3.8) is 0 Å². The first-order chi connectivity index (χ1) is 23.8. The zero-order valence-corrected chi connectivity index (χ0v) is 33.8. The second-order valence-electron chi connectivity index (χ2n) is 18.1. The molecule has 9 heteroatoms. The van der Waals surface area contributed by atoms with Crippen LogP contribution in [0.15, 0.2) is 30.3 Å². The molecular formula is C42H63N2NaO6. The number of carbonyl (C=O) groups is 3. The third-order valence-electron chi connectivity index (χ3n) is 15.2. The second-order valence-corrected chi connectivity index (χ2v) is 18.1. The number of aliphatic hydroxyl groups excluding tert-OH is 2. The molecule has 0 heterocycles. The first kappa shape index (κ1) is 40.7. The first-order valence-corrected chi connectivity index (χ1v) is 20.0. The van der Waals surface area contributed by atoms with Crippen LogP contribution in [-0.2, 0) is 20.8 Å². The molecule has 5 fully saturated rings. The Morgan fingerprint density at radius 2 is 1.59 bits per heavy atom. The first-order valence-electron chi connectivity index (χ1n) is 20.0. The molecule has 0 spiro atoms. The third-order valence-corrected chi connectivity index (χ3v) is 15.2. The van der Waals surface area contributed by atoms with E-state index in [2.05, 4.69) is 31.4 Å². The van der Waals surface area contributed by atoms with Gasteiger partial charge in [0.25, 0.3) is 0 Å². The molecule has 5 aliphatic carbocycles. The molecule has 278 valence electrons. The van der Waals surface area contributed by atoms with Crippen molar-refractivity contribution in [3.8, 4) is 0 Å². The van der Waals surface area contributed by atoms with Crippen LogP contribution in [0.1, 0.15) is 129 Å². The molecule has 5 unspecified atom stereocenters. The smallest absolute Gasteiger partial charge is 0.550 e. The van der Waals surface area contributed by atoms with Gasteiger partial charge in [0, 0.05) is 25.4 Å². The maximum Gasteiger partial charge on any atom is 1.00 e. The molecule has 5 saturated carbocycles. The van der Waals surface area contributed by atoms with E-state index in [1.54, 1.807) is 0 Å². The molecule has 0 aliphatic heterocycles. The summed E-state index contributed by atoms with van der Waals surface area (Å²) in [5.41, 5.74) is 0.813. The predicted molar refractivity (Wildman–Crippen MR) is 191 cm³/mol. The Morgan fingerprint density at radius 3 is 2.29 bits per heavy atom. The van der Waals surface area contributed by atoms with Gasteiger partial charge in [-0.05, 0) is 134 Å². The zero-order chi connectivity index (χ0) is 35.7. The van der Waals surface area contributed by atoms with Gasteiger partial charge in [0.2, 0.25) is 11.8 Å². The number of carboxylic acids is 1. The quantitative estimate of drug-likeness (QED) is 0.246. The number of benzene rings is 1. The van der Waals surface area contributed by atoms with E-state index in [0.29, 0.717) is 48.3 Å². The Labute approximate surface area is 328 Å². The van der Waals surface area contributed by atoms with Crippen molar-refractivity contribution in [2.24, 2.45) is 51.8 Å². The molecule has 1 aromatic rings. The summed E-state index contributed by atoms with van der Waals surface area (Å²) in [6.45, 7) is 7.49. The number of hydrogen-bond acceptors (Lipinski definition) is 6. The molecule has 0 aromatic heterocycles. The summed E-state index contributed by atoms with van der Waals surface area (Å²) >= 11 is 0. The van der Waals surface area contributed by atoms with Gasteiger partial charge in [0.15, 0.2) is 0 Å². The van der Waals surface area contributed by atoms with Crippen LogP contribution < -0.4 is 45.3 Å². The summed E-state index contributed by atoms with van der Waals surface area (Å²) in [7, 11) is 0. The number of fused-ring (bicyclic) bond motifs is 5. The van der Waals surface area contributed by atoms with Crippen LogP contribution in [0.5, 0.6) is 0 Å². The number of aliphatic carboxylic acids is 1. The predicted octanol–water partition coefficient (Wildman–Crippen LogP) is 2.33. The molecule has 5 aliphatic rings. The topological polar surface area (TPSA) is 139 Å². The van der Waals surface area contributed by atoms with Crippen LogP contribution in [0.4, 0.5) is 0 Å². The van der Waals surface area contributed by atoms with Crippen LogP contribution in [0.2, 0.25) is 0 Å². The van der Waals surface area contributed by atoms with Crippen LogP contribution in [-0.4, -0.2) is 52.8 Å². The summed E-state index contributed by atoms with van der Waals surface area (Å²) in [4.78, 5) is 38.8. The van der Waals surface area contributed by atoms with E-state index in [0.717, 1.165) is 95.5 Å². The fourth-order valence-electron chi connectivity index (χ4n) is 12.5. The van der Waals surface area contributed by atoms with Crippen LogP contribution in [0.25, 0.3) is 0 Å². The molecule has 1 aromatic carbocycles.